The van der Waals surface area contributed by atoms with Gasteiger partial charge in [0.2, 0.25) is 11.8 Å². The molecule has 2 heterocycles. The zero-order valence-electron chi connectivity index (χ0n) is 11.5. The summed E-state index contributed by atoms with van der Waals surface area (Å²) >= 11 is 0. The number of imide groups is 1. The number of nitrogens with zero attached hydrogens (tertiary/aromatic N) is 1. The number of aliphatic hydroxyl groups excluding tert-OH is 3. The number of carboxylic acid groups (broad SMARTS) is 1. The van der Waals surface area contributed by atoms with Crippen LogP contribution in [0.15, 0.2) is 0 Å². The first kappa shape index (κ1) is 16.8. The van der Waals surface area contributed by atoms with E-state index < -0.39 is 54.4 Å². The van der Waals surface area contributed by atoms with Crippen molar-refractivity contribution in [3.8, 4) is 0 Å². The summed E-state index contributed by atoms with van der Waals surface area (Å²) in [7, 11) is 0. The molecule has 2 saturated heterocycles. The Kier molecular flexibility index (Phi) is 4.49. The maximum Gasteiger partial charge on any atom is 0.335 e. The predicted molar refractivity (Wildman–Crippen MR) is 66.1 cm³/mol. The minimum absolute atomic E-state index is 0.0414. The molecule has 2 amide bonds. The standard InChI is InChI=1S/C12H17NO9/c14-5-1-2-6(15)13(5)4-3-12(21)10(18)8(17)7(16)9(22-12)11(19)20/h7-10,16-18,21H,1-4H2,(H,19,20)/t7-,8-,9-,10+,12+/m0/s1. The number of carboxylic acids is 1. The molecule has 0 spiro atoms. The van der Waals surface area contributed by atoms with Crippen molar-refractivity contribution >= 4 is 17.8 Å². The lowest BCUT2D eigenvalue weighted by Gasteiger charge is -2.44. The van der Waals surface area contributed by atoms with Gasteiger partial charge in [0.1, 0.15) is 18.3 Å². The Morgan fingerprint density at radius 2 is 1.73 bits per heavy atom. The van der Waals surface area contributed by atoms with Crippen molar-refractivity contribution < 1.29 is 44.7 Å². The summed E-state index contributed by atoms with van der Waals surface area (Å²) in [4.78, 5) is 34.8. The highest BCUT2D eigenvalue weighted by Gasteiger charge is 2.55. The Labute approximate surface area is 124 Å². The van der Waals surface area contributed by atoms with E-state index in [1.165, 1.54) is 0 Å². The van der Waals surface area contributed by atoms with Gasteiger partial charge in [-0.3, -0.25) is 14.5 Å². The van der Waals surface area contributed by atoms with Crippen LogP contribution in [0, 0.1) is 0 Å². The number of likely N-dealkylation sites (tertiary alicyclic amines) is 1. The Morgan fingerprint density at radius 3 is 2.23 bits per heavy atom. The topological polar surface area (TPSA) is 165 Å². The van der Waals surface area contributed by atoms with Crippen LogP contribution < -0.4 is 0 Å². The molecule has 2 rings (SSSR count). The Balaban J connectivity index is 2.11. The first-order valence-corrected chi connectivity index (χ1v) is 6.68. The van der Waals surface area contributed by atoms with Gasteiger partial charge >= 0.3 is 5.97 Å². The molecule has 0 aromatic heterocycles. The number of amides is 2. The van der Waals surface area contributed by atoms with Gasteiger partial charge in [0, 0.05) is 25.8 Å². The van der Waals surface area contributed by atoms with Gasteiger partial charge < -0.3 is 30.3 Å². The average molecular weight is 319 g/mol. The van der Waals surface area contributed by atoms with Crippen LogP contribution in [0.3, 0.4) is 0 Å². The second-order valence-corrected chi connectivity index (χ2v) is 5.34. The second kappa shape index (κ2) is 5.89. The van der Waals surface area contributed by atoms with E-state index in [-0.39, 0.29) is 19.4 Å². The van der Waals surface area contributed by atoms with Crippen molar-refractivity contribution in [3.05, 3.63) is 0 Å². The van der Waals surface area contributed by atoms with E-state index in [0.717, 1.165) is 4.90 Å². The lowest BCUT2D eigenvalue weighted by atomic mass is 9.90. The van der Waals surface area contributed by atoms with E-state index in [2.05, 4.69) is 0 Å². The molecule has 0 radical (unpaired) electrons. The van der Waals surface area contributed by atoms with Crippen LogP contribution in [0.4, 0.5) is 0 Å². The SMILES string of the molecule is O=C(O)[C@H]1O[C@](O)(CCN2C(=O)CCC2=O)[C@H](O)[C@@H](O)[C@@H]1O. The van der Waals surface area contributed by atoms with Crippen LogP contribution in [0.5, 0.6) is 0 Å². The van der Waals surface area contributed by atoms with Crippen LogP contribution in [0.2, 0.25) is 0 Å². The van der Waals surface area contributed by atoms with E-state index >= 15 is 0 Å². The summed E-state index contributed by atoms with van der Waals surface area (Å²) in [6.45, 7) is -0.305. The third kappa shape index (κ3) is 2.83. The van der Waals surface area contributed by atoms with Gasteiger partial charge in [-0.15, -0.1) is 0 Å². The van der Waals surface area contributed by atoms with Gasteiger partial charge in [0.25, 0.3) is 0 Å². The first-order valence-electron chi connectivity index (χ1n) is 6.68. The van der Waals surface area contributed by atoms with E-state index in [1.807, 2.05) is 0 Å². The number of rotatable bonds is 4. The zero-order chi connectivity index (χ0) is 16.7. The van der Waals surface area contributed by atoms with Crippen LogP contribution in [-0.4, -0.2) is 85.0 Å². The lowest BCUT2D eigenvalue weighted by molar-refractivity contribution is -0.343. The normalized spacial score (nSPS) is 39.4. The molecule has 10 nitrogen and oxygen atoms in total. The second-order valence-electron chi connectivity index (χ2n) is 5.34. The van der Waals surface area contributed by atoms with Crippen LogP contribution in [-0.2, 0) is 19.1 Å². The molecule has 124 valence electrons. The predicted octanol–water partition coefficient (Wildman–Crippen LogP) is -3.22. The third-order valence-electron chi connectivity index (χ3n) is 3.87. The summed E-state index contributed by atoms with van der Waals surface area (Å²) in [6.07, 6.45) is -8.24. The largest absolute Gasteiger partial charge is 0.479 e. The van der Waals surface area contributed by atoms with Gasteiger partial charge in [-0.1, -0.05) is 0 Å². The molecule has 0 aromatic rings. The maximum absolute atomic E-state index is 11.5. The molecule has 0 aromatic carbocycles. The Morgan fingerprint density at radius 1 is 1.18 bits per heavy atom. The molecule has 10 heteroatoms. The Bertz CT molecular complexity index is 479. The van der Waals surface area contributed by atoms with Crippen LogP contribution in [0.1, 0.15) is 19.3 Å². The number of hydrogen-bond acceptors (Lipinski definition) is 8. The molecule has 2 aliphatic rings. The minimum atomic E-state index is -2.51. The fraction of sp³-hybridized carbons (Fsp3) is 0.750. The molecule has 2 aliphatic heterocycles. The number of aliphatic hydroxyl groups is 4. The van der Waals surface area contributed by atoms with Crippen LogP contribution in [0.25, 0.3) is 0 Å². The summed E-state index contributed by atoms with van der Waals surface area (Å²) < 4.78 is 4.81. The molecule has 5 N–H and O–H groups in total. The van der Waals surface area contributed by atoms with Crippen molar-refractivity contribution in [2.24, 2.45) is 0 Å². The number of carbonyl (C=O) groups excluding carboxylic acids is 2. The highest BCUT2D eigenvalue weighted by Crippen LogP contribution is 2.31. The third-order valence-corrected chi connectivity index (χ3v) is 3.87. The van der Waals surface area contributed by atoms with Gasteiger partial charge in [-0.05, 0) is 0 Å². The fourth-order valence-corrected chi connectivity index (χ4v) is 2.54. The van der Waals surface area contributed by atoms with E-state index in [9.17, 15) is 34.8 Å². The molecule has 2 fully saturated rings. The van der Waals surface area contributed by atoms with Gasteiger partial charge in [-0.2, -0.15) is 0 Å². The summed E-state index contributed by atoms with van der Waals surface area (Å²) in [5, 5.41) is 48.1. The van der Waals surface area contributed by atoms with Gasteiger partial charge in [0.05, 0.1) is 0 Å². The van der Waals surface area contributed by atoms with Gasteiger partial charge in [0.15, 0.2) is 11.9 Å². The van der Waals surface area contributed by atoms with Crippen LogP contribution >= 0.6 is 0 Å². The maximum atomic E-state index is 11.5. The summed E-state index contributed by atoms with van der Waals surface area (Å²) in [5.41, 5.74) is 0. The molecular weight excluding hydrogens is 302 g/mol. The number of aliphatic carboxylic acids is 1. The average Bonchev–Trinajstić information content (AvgIpc) is 2.78. The molecule has 5 atom stereocenters. The monoisotopic (exact) mass is 319 g/mol. The molecular formula is C12H17NO9. The van der Waals surface area contributed by atoms with Crippen molar-refractivity contribution in [1.29, 1.82) is 0 Å². The molecule has 0 saturated carbocycles. The van der Waals surface area contributed by atoms with Crippen molar-refractivity contribution in [1.82, 2.24) is 4.90 Å². The number of ether oxygens (including phenoxy) is 1. The zero-order valence-corrected chi connectivity index (χ0v) is 11.5. The quantitative estimate of drug-likeness (QED) is 0.335. The van der Waals surface area contributed by atoms with Crippen molar-refractivity contribution in [2.45, 2.75) is 49.5 Å². The lowest BCUT2D eigenvalue weighted by Crippen LogP contribution is -2.66. The first-order chi connectivity index (χ1) is 10.2. The van der Waals surface area contributed by atoms with Crippen molar-refractivity contribution in [2.75, 3.05) is 6.54 Å². The van der Waals surface area contributed by atoms with E-state index in [0.29, 0.717) is 0 Å². The number of hydrogen-bond donors (Lipinski definition) is 5. The Hall–Kier alpha value is -1.59. The minimum Gasteiger partial charge on any atom is -0.479 e. The molecule has 0 bridgehead atoms. The summed E-state index contributed by atoms with van der Waals surface area (Å²) in [5.74, 6) is -5.04. The fourth-order valence-electron chi connectivity index (χ4n) is 2.54. The molecule has 22 heavy (non-hydrogen) atoms. The smallest absolute Gasteiger partial charge is 0.335 e. The summed E-state index contributed by atoms with van der Waals surface area (Å²) in [6, 6.07) is 0. The van der Waals surface area contributed by atoms with Gasteiger partial charge in [-0.25, -0.2) is 4.79 Å². The number of carbonyl (C=O) groups is 3. The van der Waals surface area contributed by atoms with E-state index in [1.54, 1.807) is 0 Å². The highest BCUT2D eigenvalue weighted by atomic mass is 16.7. The van der Waals surface area contributed by atoms with E-state index in [4.69, 9.17) is 9.84 Å². The van der Waals surface area contributed by atoms with Crippen molar-refractivity contribution in [3.63, 3.8) is 0 Å². The highest BCUT2D eigenvalue weighted by molar-refractivity contribution is 6.01. The molecule has 0 unspecified atom stereocenters. The molecule has 0 aliphatic carbocycles.